The van der Waals surface area contributed by atoms with Crippen LogP contribution in [0, 0.1) is 23.7 Å². The summed E-state index contributed by atoms with van der Waals surface area (Å²) in [5.74, 6) is 12.3. The Hall–Kier alpha value is -0.920. The minimum Gasteiger partial charge on any atom is -0.369 e. The summed E-state index contributed by atoms with van der Waals surface area (Å²) in [5, 5.41) is 0. The Morgan fingerprint density at radius 3 is 2.32 bits per heavy atom. The first-order chi connectivity index (χ1) is 9.38. The van der Waals surface area contributed by atoms with E-state index in [2.05, 4.69) is 37.5 Å². The van der Waals surface area contributed by atoms with Crippen LogP contribution in [0.1, 0.15) is 78.1 Å². The predicted molar refractivity (Wildman–Crippen MR) is 81.7 cm³/mol. The maximum Gasteiger partial charge on any atom is 0.0950 e. The standard InChI is InChI=1S/C18H28O/c1-3-5-7-9-11-13-15-17-18(19-17)16-14-12-10-8-6-4-2/h17-18H,3-5,7,9-11,13,15-16H2,1-2H3. The lowest BCUT2D eigenvalue weighted by atomic mass is 10.1. The first-order valence-electron chi connectivity index (χ1n) is 7.95. The van der Waals surface area contributed by atoms with Gasteiger partial charge in [0.2, 0.25) is 0 Å². The van der Waals surface area contributed by atoms with E-state index in [1.54, 1.807) is 0 Å². The van der Waals surface area contributed by atoms with Crippen molar-refractivity contribution in [1.29, 1.82) is 0 Å². The maximum absolute atomic E-state index is 5.63. The molecule has 2 unspecified atom stereocenters. The largest absolute Gasteiger partial charge is 0.369 e. The first kappa shape index (κ1) is 16.1. The molecule has 1 nitrogen and oxygen atoms in total. The molecule has 0 bridgehead atoms. The molecular weight excluding hydrogens is 232 g/mol. The summed E-state index contributed by atoms with van der Waals surface area (Å²) >= 11 is 0. The van der Waals surface area contributed by atoms with Crippen molar-refractivity contribution >= 4 is 0 Å². The van der Waals surface area contributed by atoms with Crippen LogP contribution in [0.3, 0.4) is 0 Å². The lowest BCUT2D eigenvalue weighted by Gasteiger charge is -1.98. The molecule has 1 aliphatic rings. The molecule has 1 aliphatic heterocycles. The van der Waals surface area contributed by atoms with E-state index in [-0.39, 0.29) is 0 Å². The quantitative estimate of drug-likeness (QED) is 0.350. The Kier molecular flexibility index (Phi) is 9.30. The maximum atomic E-state index is 5.63. The fourth-order valence-electron chi connectivity index (χ4n) is 2.21. The molecule has 0 spiro atoms. The highest BCUT2D eigenvalue weighted by Crippen LogP contribution is 2.29. The van der Waals surface area contributed by atoms with E-state index >= 15 is 0 Å². The van der Waals surface area contributed by atoms with Crippen molar-refractivity contribution in [2.75, 3.05) is 0 Å². The van der Waals surface area contributed by atoms with Gasteiger partial charge in [0.25, 0.3) is 0 Å². The number of unbranched alkanes of at least 4 members (excludes halogenated alkanes) is 5. The molecule has 0 N–H and O–H groups in total. The van der Waals surface area contributed by atoms with Gasteiger partial charge < -0.3 is 4.74 Å². The van der Waals surface area contributed by atoms with Crippen molar-refractivity contribution in [2.24, 2.45) is 0 Å². The highest BCUT2D eigenvalue weighted by atomic mass is 16.6. The third kappa shape index (κ3) is 8.74. The van der Waals surface area contributed by atoms with Gasteiger partial charge in [0.05, 0.1) is 18.6 Å². The van der Waals surface area contributed by atoms with E-state index in [0.29, 0.717) is 18.6 Å². The molecule has 1 saturated heterocycles. The van der Waals surface area contributed by atoms with E-state index < -0.39 is 0 Å². The fraction of sp³-hybridized carbons (Fsp3) is 0.778. The van der Waals surface area contributed by atoms with Crippen LogP contribution in [0.15, 0.2) is 0 Å². The molecule has 0 radical (unpaired) electrons. The number of epoxide rings is 1. The van der Waals surface area contributed by atoms with Gasteiger partial charge in [-0.1, -0.05) is 70.1 Å². The summed E-state index contributed by atoms with van der Waals surface area (Å²) in [6.07, 6.45) is 12.9. The van der Waals surface area contributed by atoms with Gasteiger partial charge in [-0.3, -0.25) is 0 Å². The summed E-state index contributed by atoms with van der Waals surface area (Å²) in [4.78, 5) is 0. The van der Waals surface area contributed by atoms with Crippen LogP contribution in [-0.4, -0.2) is 12.2 Å². The molecule has 2 atom stereocenters. The lowest BCUT2D eigenvalue weighted by molar-refractivity contribution is 0.359. The van der Waals surface area contributed by atoms with E-state index in [0.717, 1.165) is 12.8 Å². The smallest absolute Gasteiger partial charge is 0.0950 e. The van der Waals surface area contributed by atoms with Crippen molar-refractivity contribution in [2.45, 2.75) is 90.3 Å². The molecule has 1 heteroatoms. The van der Waals surface area contributed by atoms with E-state index in [4.69, 9.17) is 4.74 Å². The highest BCUT2D eigenvalue weighted by Gasteiger charge is 2.36. The number of hydrogen-bond acceptors (Lipinski definition) is 1. The van der Waals surface area contributed by atoms with Gasteiger partial charge in [-0.2, -0.15) is 0 Å². The van der Waals surface area contributed by atoms with Crippen molar-refractivity contribution in [3.8, 4) is 23.7 Å². The van der Waals surface area contributed by atoms with Crippen LogP contribution in [0.25, 0.3) is 0 Å². The minimum absolute atomic E-state index is 0.419. The van der Waals surface area contributed by atoms with Crippen LogP contribution in [0.4, 0.5) is 0 Å². The SMILES string of the molecule is CCC#CCC#CCC1OC1CCCCCCCC. The van der Waals surface area contributed by atoms with Gasteiger partial charge in [0, 0.05) is 12.8 Å². The van der Waals surface area contributed by atoms with Crippen LogP contribution >= 0.6 is 0 Å². The Labute approximate surface area is 119 Å². The second-order valence-electron chi connectivity index (χ2n) is 5.21. The third-order valence-electron chi connectivity index (χ3n) is 3.44. The summed E-state index contributed by atoms with van der Waals surface area (Å²) in [5.41, 5.74) is 0. The van der Waals surface area contributed by atoms with E-state index in [1.165, 1.54) is 44.9 Å². The molecule has 0 aliphatic carbocycles. The second-order valence-corrected chi connectivity index (χ2v) is 5.21. The van der Waals surface area contributed by atoms with E-state index in [1.807, 2.05) is 0 Å². The molecule has 19 heavy (non-hydrogen) atoms. The zero-order valence-corrected chi connectivity index (χ0v) is 12.6. The normalized spacial score (nSPS) is 20.1. The number of ether oxygens (including phenoxy) is 1. The van der Waals surface area contributed by atoms with Gasteiger partial charge in [-0.15, -0.1) is 5.92 Å². The highest BCUT2D eigenvalue weighted by molar-refractivity contribution is 5.12. The average molecular weight is 260 g/mol. The molecule has 1 fully saturated rings. The van der Waals surface area contributed by atoms with Crippen LogP contribution in [-0.2, 0) is 4.74 Å². The van der Waals surface area contributed by atoms with Crippen LogP contribution < -0.4 is 0 Å². The Bertz CT molecular complexity index is 336. The molecule has 0 aromatic heterocycles. The summed E-state index contributed by atoms with van der Waals surface area (Å²) in [7, 11) is 0. The lowest BCUT2D eigenvalue weighted by Crippen LogP contribution is -1.93. The zero-order chi connectivity index (χ0) is 13.8. The third-order valence-corrected chi connectivity index (χ3v) is 3.44. The summed E-state index contributed by atoms with van der Waals surface area (Å²) in [6, 6.07) is 0. The molecule has 0 saturated carbocycles. The van der Waals surface area contributed by atoms with Gasteiger partial charge in [0.15, 0.2) is 0 Å². The van der Waals surface area contributed by atoms with Gasteiger partial charge in [0.1, 0.15) is 0 Å². The van der Waals surface area contributed by atoms with Crippen LogP contribution in [0.2, 0.25) is 0 Å². The molecular formula is C18H28O. The van der Waals surface area contributed by atoms with Crippen molar-refractivity contribution in [1.82, 2.24) is 0 Å². The van der Waals surface area contributed by atoms with Gasteiger partial charge in [-0.05, 0) is 6.42 Å². The van der Waals surface area contributed by atoms with Crippen molar-refractivity contribution < 1.29 is 4.74 Å². The number of rotatable bonds is 8. The second kappa shape index (κ2) is 11.0. The molecule has 1 rings (SSSR count). The molecule has 0 aromatic carbocycles. The summed E-state index contributed by atoms with van der Waals surface area (Å²) < 4.78 is 5.63. The molecule has 0 aromatic rings. The Balaban J connectivity index is 1.91. The van der Waals surface area contributed by atoms with Crippen LogP contribution in [0.5, 0.6) is 0 Å². The predicted octanol–water partition coefficient (Wildman–Crippen LogP) is 4.70. The Morgan fingerprint density at radius 1 is 0.789 bits per heavy atom. The average Bonchev–Trinajstić information content (AvgIpc) is 3.16. The zero-order valence-electron chi connectivity index (χ0n) is 12.6. The van der Waals surface area contributed by atoms with Gasteiger partial charge in [-0.25, -0.2) is 0 Å². The van der Waals surface area contributed by atoms with Crippen molar-refractivity contribution in [3.63, 3.8) is 0 Å². The number of hydrogen-bond donors (Lipinski definition) is 0. The molecule has 0 amide bonds. The monoisotopic (exact) mass is 260 g/mol. The molecule has 106 valence electrons. The van der Waals surface area contributed by atoms with Gasteiger partial charge >= 0.3 is 0 Å². The minimum atomic E-state index is 0.419. The Morgan fingerprint density at radius 2 is 1.53 bits per heavy atom. The van der Waals surface area contributed by atoms with Crippen molar-refractivity contribution in [3.05, 3.63) is 0 Å². The summed E-state index contributed by atoms with van der Waals surface area (Å²) in [6.45, 7) is 4.32. The fourth-order valence-corrected chi connectivity index (χ4v) is 2.21. The topological polar surface area (TPSA) is 12.5 Å². The first-order valence-corrected chi connectivity index (χ1v) is 7.95. The molecule has 1 heterocycles. The van der Waals surface area contributed by atoms with E-state index in [9.17, 15) is 0 Å².